The molecule has 0 aliphatic carbocycles. The van der Waals surface area contributed by atoms with E-state index in [1.807, 2.05) is 18.2 Å². The maximum Gasteiger partial charge on any atom is 0.167 e. The van der Waals surface area contributed by atoms with Gasteiger partial charge in [-0.2, -0.15) is 10.5 Å². The second-order valence-corrected chi connectivity index (χ2v) is 3.72. The lowest BCUT2D eigenvalue weighted by Crippen LogP contribution is -2.33. The highest BCUT2D eigenvalue weighted by molar-refractivity contribution is 6.31. The van der Waals surface area contributed by atoms with Crippen LogP contribution in [0.3, 0.4) is 0 Å². The van der Waals surface area contributed by atoms with E-state index >= 15 is 0 Å². The number of nitriles is 2. The molecule has 0 radical (unpaired) electrons. The SMILES string of the molecule is N#CC(=N)C(C#N)NC=NCc1ccccc1Cl. The molecule has 1 atom stereocenters. The van der Waals surface area contributed by atoms with Crippen LogP contribution in [0.4, 0.5) is 0 Å². The van der Waals surface area contributed by atoms with Gasteiger partial charge in [0, 0.05) is 5.02 Å². The molecule has 1 aromatic rings. The average Bonchev–Trinajstić information content (AvgIpc) is 2.40. The maximum absolute atomic E-state index is 8.70. The third-order valence-electron chi connectivity index (χ3n) is 2.09. The molecule has 1 aromatic carbocycles. The van der Waals surface area contributed by atoms with Crippen LogP contribution < -0.4 is 5.32 Å². The first-order valence-corrected chi connectivity index (χ1v) is 5.42. The summed E-state index contributed by atoms with van der Waals surface area (Å²) in [5, 5.41) is 27.6. The largest absolute Gasteiger partial charge is 0.356 e. The normalized spacial score (nSPS) is 11.5. The highest BCUT2D eigenvalue weighted by Crippen LogP contribution is 2.15. The summed E-state index contributed by atoms with van der Waals surface area (Å²) < 4.78 is 0. The molecule has 0 aliphatic heterocycles. The van der Waals surface area contributed by atoms with E-state index in [-0.39, 0.29) is 5.71 Å². The Kier molecular flexibility index (Phi) is 5.37. The fourth-order valence-corrected chi connectivity index (χ4v) is 1.34. The van der Waals surface area contributed by atoms with E-state index in [9.17, 15) is 0 Å². The van der Waals surface area contributed by atoms with Gasteiger partial charge in [0.15, 0.2) is 6.04 Å². The van der Waals surface area contributed by atoms with Crippen molar-refractivity contribution in [2.24, 2.45) is 4.99 Å². The Balaban J connectivity index is 2.53. The zero-order chi connectivity index (χ0) is 13.4. The zero-order valence-corrected chi connectivity index (χ0v) is 10.1. The Morgan fingerprint density at radius 1 is 1.50 bits per heavy atom. The fourth-order valence-electron chi connectivity index (χ4n) is 1.15. The summed E-state index contributed by atoms with van der Waals surface area (Å²) in [5.74, 6) is 0. The highest BCUT2D eigenvalue weighted by atomic mass is 35.5. The summed E-state index contributed by atoms with van der Waals surface area (Å²) in [5.41, 5.74) is 0.516. The van der Waals surface area contributed by atoms with Gasteiger partial charge in [-0.3, -0.25) is 10.4 Å². The van der Waals surface area contributed by atoms with Crippen molar-refractivity contribution in [3.05, 3.63) is 34.9 Å². The molecule has 0 saturated heterocycles. The van der Waals surface area contributed by atoms with Crippen LogP contribution >= 0.6 is 11.6 Å². The molecule has 0 amide bonds. The van der Waals surface area contributed by atoms with Crippen molar-refractivity contribution in [3.8, 4) is 12.1 Å². The lowest BCUT2D eigenvalue weighted by Gasteiger charge is -2.04. The van der Waals surface area contributed by atoms with E-state index in [0.717, 1.165) is 5.56 Å². The number of rotatable bonds is 5. The van der Waals surface area contributed by atoms with Gasteiger partial charge < -0.3 is 5.32 Å². The molecule has 1 unspecified atom stereocenters. The van der Waals surface area contributed by atoms with Gasteiger partial charge in [-0.05, 0) is 11.6 Å². The van der Waals surface area contributed by atoms with Crippen molar-refractivity contribution in [1.29, 1.82) is 15.9 Å². The molecule has 0 heterocycles. The number of nitrogens with one attached hydrogen (secondary N) is 2. The van der Waals surface area contributed by atoms with E-state index in [0.29, 0.717) is 11.6 Å². The van der Waals surface area contributed by atoms with Gasteiger partial charge in [-0.1, -0.05) is 29.8 Å². The summed E-state index contributed by atoms with van der Waals surface area (Å²) >= 11 is 5.94. The molecule has 0 fully saturated rings. The molecular weight excluding hydrogens is 250 g/mol. The minimum Gasteiger partial charge on any atom is -0.356 e. The number of halogens is 1. The second-order valence-electron chi connectivity index (χ2n) is 3.32. The number of benzene rings is 1. The average molecular weight is 260 g/mol. The molecule has 2 N–H and O–H groups in total. The first-order chi connectivity index (χ1) is 8.69. The van der Waals surface area contributed by atoms with E-state index in [4.69, 9.17) is 27.5 Å². The fraction of sp³-hybridized carbons (Fsp3) is 0.167. The Morgan fingerprint density at radius 3 is 2.83 bits per heavy atom. The molecular formula is C12H10ClN5. The number of nitrogens with zero attached hydrogens (tertiary/aromatic N) is 3. The Labute approximate surface area is 110 Å². The maximum atomic E-state index is 8.70. The number of aliphatic imine (C=N–C) groups is 1. The zero-order valence-electron chi connectivity index (χ0n) is 9.39. The third-order valence-corrected chi connectivity index (χ3v) is 2.46. The second kappa shape index (κ2) is 7.05. The third kappa shape index (κ3) is 3.89. The van der Waals surface area contributed by atoms with Crippen LogP contribution in [0.1, 0.15) is 5.56 Å². The summed E-state index contributed by atoms with van der Waals surface area (Å²) in [6.07, 6.45) is 1.31. The van der Waals surface area contributed by atoms with Crippen molar-refractivity contribution in [3.63, 3.8) is 0 Å². The first-order valence-electron chi connectivity index (χ1n) is 5.05. The summed E-state index contributed by atoms with van der Waals surface area (Å²) in [6, 6.07) is 9.71. The quantitative estimate of drug-likeness (QED) is 0.624. The summed E-state index contributed by atoms with van der Waals surface area (Å²) in [6.45, 7) is 0.366. The van der Waals surface area contributed by atoms with Crippen LogP contribution in [-0.2, 0) is 6.54 Å². The summed E-state index contributed by atoms with van der Waals surface area (Å²) in [4.78, 5) is 4.03. The predicted molar refractivity (Wildman–Crippen MR) is 69.5 cm³/mol. The molecule has 6 heteroatoms. The summed E-state index contributed by atoms with van der Waals surface area (Å²) in [7, 11) is 0. The number of hydrogen-bond acceptors (Lipinski definition) is 4. The van der Waals surface area contributed by atoms with Gasteiger partial charge in [0.1, 0.15) is 11.8 Å². The Morgan fingerprint density at radius 2 is 2.22 bits per heavy atom. The predicted octanol–water partition coefficient (Wildman–Crippen LogP) is 1.89. The molecule has 0 aliphatic rings. The highest BCUT2D eigenvalue weighted by Gasteiger charge is 2.10. The number of hydrogen-bond donors (Lipinski definition) is 2. The van der Waals surface area contributed by atoms with Crippen molar-refractivity contribution < 1.29 is 0 Å². The van der Waals surface area contributed by atoms with Crippen molar-refractivity contribution in [2.45, 2.75) is 12.6 Å². The first kappa shape index (κ1) is 13.7. The molecule has 18 heavy (non-hydrogen) atoms. The van der Waals surface area contributed by atoms with Crippen molar-refractivity contribution in [1.82, 2.24) is 5.32 Å². The monoisotopic (exact) mass is 259 g/mol. The topological polar surface area (TPSA) is 95.8 Å². The van der Waals surface area contributed by atoms with Gasteiger partial charge in [0.2, 0.25) is 0 Å². The van der Waals surface area contributed by atoms with E-state index in [1.165, 1.54) is 6.34 Å². The lowest BCUT2D eigenvalue weighted by atomic mass is 10.2. The smallest absolute Gasteiger partial charge is 0.167 e. The van der Waals surface area contributed by atoms with E-state index in [2.05, 4.69) is 10.3 Å². The molecule has 0 spiro atoms. The Bertz CT molecular complexity index is 538. The molecule has 0 bridgehead atoms. The van der Waals surface area contributed by atoms with E-state index in [1.54, 1.807) is 18.2 Å². The van der Waals surface area contributed by atoms with Crippen LogP contribution in [0.25, 0.3) is 0 Å². The lowest BCUT2D eigenvalue weighted by molar-refractivity contribution is 0.931. The van der Waals surface area contributed by atoms with Crippen LogP contribution in [0.5, 0.6) is 0 Å². The Hall–Kier alpha value is -2.37. The van der Waals surface area contributed by atoms with Gasteiger partial charge >= 0.3 is 0 Å². The molecule has 0 aromatic heterocycles. The van der Waals surface area contributed by atoms with Gasteiger partial charge in [-0.25, -0.2) is 0 Å². The molecule has 1 rings (SSSR count). The van der Waals surface area contributed by atoms with Crippen molar-refractivity contribution in [2.75, 3.05) is 0 Å². The van der Waals surface area contributed by atoms with Gasteiger partial charge in [0.05, 0.1) is 19.0 Å². The van der Waals surface area contributed by atoms with Crippen LogP contribution in [0, 0.1) is 28.1 Å². The van der Waals surface area contributed by atoms with Crippen molar-refractivity contribution >= 4 is 23.7 Å². The molecule has 0 saturated carbocycles. The standard InChI is InChI=1S/C12H10ClN5/c13-10-4-2-1-3-9(10)7-17-8-18-12(6-15)11(16)5-14/h1-4,8,12,16H,7H2,(H,17,18). The minimum absolute atomic E-state index is 0.346. The van der Waals surface area contributed by atoms with E-state index < -0.39 is 6.04 Å². The van der Waals surface area contributed by atoms with Crippen LogP contribution in [0.15, 0.2) is 29.3 Å². The van der Waals surface area contributed by atoms with Gasteiger partial charge in [0.25, 0.3) is 0 Å². The molecule has 5 nitrogen and oxygen atoms in total. The minimum atomic E-state index is -0.968. The van der Waals surface area contributed by atoms with Gasteiger partial charge in [-0.15, -0.1) is 0 Å². The van der Waals surface area contributed by atoms with Crippen LogP contribution in [0.2, 0.25) is 5.02 Å². The van der Waals surface area contributed by atoms with Crippen LogP contribution in [-0.4, -0.2) is 18.1 Å². The molecule has 90 valence electrons.